The van der Waals surface area contributed by atoms with E-state index >= 15 is 0 Å². The van der Waals surface area contributed by atoms with Crippen molar-refractivity contribution in [2.24, 2.45) is 0 Å². The van der Waals surface area contributed by atoms with E-state index in [4.69, 9.17) is 4.74 Å². The lowest BCUT2D eigenvalue weighted by molar-refractivity contribution is 0.436. The molecule has 0 N–H and O–H groups in total. The maximum Gasteiger partial charge on any atom is 0.132 e. The molecule has 8 aromatic rings. The Kier molecular flexibility index (Phi) is 5.17. The molecule has 0 atom stereocenters. The first-order valence-corrected chi connectivity index (χ1v) is 17.9. The molecule has 236 valence electrons. The highest BCUT2D eigenvalue weighted by Crippen LogP contribution is 2.65. The van der Waals surface area contributed by atoms with Gasteiger partial charge >= 0.3 is 0 Å². The van der Waals surface area contributed by atoms with Crippen molar-refractivity contribution in [1.82, 2.24) is 0 Å². The number of benzene rings is 8. The standard InChI is InChI=1S/C50H30O/c1-5-19-38-33(14-1)34-15-2-6-20-39(34)49(38)41-22-8-4-17-37(41)48-32(18-13-25-44(48)49)31-28-29-36-35-16-3-7-21-40(35)50(45(36)30-31)42-23-9-11-26-46(42)51-47-27-12-10-24-43(47)50/h1-30H. The third kappa shape index (κ3) is 3.15. The van der Waals surface area contributed by atoms with Crippen molar-refractivity contribution in [2.45, 2.75) is 10.8 Å². The molecule has 3 aliphatic carbocycles. The van der Waals surface area contributed by atoms with Crippen molar-refractivity contribution in [3.8, 4) is 56.0 Å². The molecule has 0 unspecified atom stereocenters. The van der Waals surface area contributed by atoms with Gasteiger partial charge in [0.05, 0.1) is 10.8 Å². The van der Waals surface area contributed by atoms with Gasteiger partial charge in [-0.25, -0.2) is 0 Å². The molecule has 0 saturated heterocycles. The van der Waals surface area contributed by atoms with Crippen molar-refractivity contribution >= 4 is 0 Å². The van der Waals surface area contributed by atoms with Gasteiger partial charge in [0.1, 0.15) is 11.5 Å². The number of ether oxygens (including phenoxy) is 1. The summed E-state index contributed by atoms with van der Waals surface area (Å²) in [7, 11) is 0. The third-order valence-corrected chi connectivity index (χ3v) is 12.2. The first kappa shape index (κ1) is 27.4. The lowest BCUT2D eigenvalue weighted by atomic mass is 9.66. The highest BCUT2D eigenvalue weighted by Gasteiger charge is 2.53. The van der Waals surface area contributed by atoms with Crippen LogP contribution in [0.1, 0.15) is 44.5 Å². The van der Waals surface area contributed by atoms with Crippen molar-refractivity contribution in [1.29, 1.82) is 0 Å². The van der Waals surface area contributed by atoms with Crippen molar-refractivity contribution in [3.63, 3.8) is 0 Å². The minimum atomic E-state index is -0.506. The average molecular weight is 647 g/mol. The molecule has 1 aliphatic heterocycles. The molecule has 8 aromatic carbocycles. The summed E-state index contributed by atoms with van der Waals surface area (Å²) in [6.45, 7) is 0. The van der Waals surface area contributed by atoms with Gasteiger partial charge in [-0.05, 0) is 96.1 Å². The quantitative estimate of drug-likeness (QED) is 0.172. The van der Waals surface area contributed by atoms with E-state index in [1.807, 2.05) is 0 Å². The first-order chi connectivity index (χ1) is 25.3. The Morgan fingerprint density at radius 2 is 0.667 bits per heavy atom. The molecule has 0 aromatic heterocycles. The Hall–Kier alpha value is -6.44. The minimum Gasteiger partial charge on any atom is -0.457 e. The SMILES string of the molecule is c1ccc2c(c1)Oc1ccccc1C21c2ccccc2-c2ccc(-c3cccc4c3-c3ccccc3C43c4ccccc4-c4ccccc43)cc21. The zero-order chi connectivity index (χ0) is 33.3. The van der Waals surface area contributed by atoms with Crippen LogP contribution >= 0.6 is 0 Å². The molecular weight excluding hydrogens is 617 g/mol. The van der Waals surface area contributed by atoms with E-state index in [-0.39, 0.29) is 5.41 Å². The largest absolute Gasteiger partial charge is 0.457 e. The van der Waals surface area contributed by atoms with Crippen LogP contribution in [0, 0.1) is 0 Å². The summed E-state index contributed by atoms with van der Waals surface area (Å²) in [5, 5.41) is 0. The van der Waals surface area contributed by atoms with Crippen LogP contribution in [0.3, 0.4) is 0 Å². The summed E-state index contributed by atoms with van der Waals surface area (Å²) in [5.41, 5.74) is 19.9. The molecule has 51 heavy (non-hydrogen) atoms. The van der Waals surface area contributed by atoms with Gasteiger partial charge in [0.25, 0.3) is 0 Å². The van der Waals surface area contributed by atoms with Gasteiger partial charge in [0.15, 0.2) is 0 Å². The third-order valence-electron chi connectivity index (χ3n) is 12.2. The maximum atomic E-state index is 6.62. The number of hydrogen-bond acceptors (Lipinski definition) is 1. The van der Waals surface area contributed by atoms with Crippen molar-refractivity contribution < 1.29 is 4.74 Å². The van der Waals surface area contributed by atoms with Crippen LogP contribution in [0.5, 0.6) is 11.5 Å². The molecule has 2 spiro atoms. The fourth-order valence-electron chi connectivity index (χ4n) is 10.4. The molecule has 0 radical (unpaired) electrons. The second-order valence-corrected chi connectivity index (χ2v) is 14.3. The highest BCUT2D eigenvalue weighted by atomic mass is 16.5. The van der Waals surface area contributed by atoms with Crippen LogP contribution in [0.25, 0.3) is 44.5 Å². The van der Waals surface area contributed by atoms with Gasteiger partial charge in [-0.1, -0.05) is 164 Å². The summed E-state index contributed by atoms with van der Waals surface area (Å²) in [6, 6.07) is 67.6. The Labute approximate surface area is 297 Å². The van der Waals surface area contributed by atoms with Gasteiger partial charge < -0.3 is 4.74 Å². The fourth-order valence-corrected chi connectivity index (χ4v) is 10.4. The lowest BCUT2D eigenvalue weighted by Gasteiger charge is -2.39. The molecule has 1 heteroatoms. The van der Waals surface area contributed by atoms with E-state index < -0.39 is 5.41 Å². The number of para-hydroxylation sites is 2. The molecule has 12 rings (SSSR count). The smallest absolute Gasteiger partial charge is 0.132 e. The Balaban J connectivity index is 1.17. The number of rotatable bonds is 1. The molecule has 0 bridgehead atoms. The summed E-state index contributed by atoms with van der Waals surface area (Å²) in [6.07, 6.45) is 0. The van der Waals surface area contributed by atoms with E-state index in [2.05, 4.69) is 182 Å². The van der Waals surface area contributed by atoms with Crippen LogP contribution in [-0.2, 0) is 10.8 Å². The van der Waals surface area contributed by atoms with Crippen LogP contribution in [-0.4, -0.2) is 0 Å². The molecule has 0 fully saturated rings. The summed E-state index contributed by atoms with van der Waals surface area (Å²) in [5.74, 6) is 1.83. The molecular formula is C50H30O. The Morgan fingerprint density at radius 3 is 1.24 bits per heavy atom. The predicted molar refractivity (Wildman–Crippen MR) is 206 cm³/mol. The predicted octanol–water partition coefficient (Wildman–Crippen LogP) is 12.2. The van der Waals surface area contributed by atoms with E-state index in [1.165, 1.54) is 89.0 Å². The molecule has 0 amide bonds. The zero-order valence-electron chi connectivity index (χ0n) is 27.7. The summed E-state index contributed by atoms with van der Waals surface area (Å²) >= 11 is 0. The van der Waals surface area contributed by atoms with E-state index in [0.717, 1.165) is 11.5 Å². The second kappa shape index (κ2) is 9.62. The second-order valence-electron chi connectivity index (χ2n) is 14.3. The average Bonchev–Trinajstić information content (AvgIpc) is 3.78. The van der Waals surface area contributed by atoms with Gasteiger partial charge in [0.2, 0.25) is 0 Å². The maximum absolute atomic E-state index is 6.62. The highest BCUT2D eigenvalue weighted by molar-refractivity contribution is 6.00. The monoisotopic (exact) mass is 646 g/mol. The Morgan fingerprint density at radius 1 is 0.275 bits per heavy atom. The minimum absolute atomic E-state index is 0.373. The van der Waals surface area contributed by atoms with Gasteiger partial charge in [-0.3, -0.25) is 0 Å². The molecule has 1 heterocycles. The normalized spacial score (nSPS) is 15.1. The van der Waals surface area contributed by atoms with Gasteiger partial charge in [-0.15, -0.1) is 0 Å². The first-order valence-electron chi connectivity index (χ1n) is 17.9. The van der Waals surface area contributed by atoms with E-state index in [0.29, 0.717) is 0 Å². The van der Waals surface area contributed by atoms with E-state index in [9.17, 15) is 0 Å². The molecule has 0 saturated carbocycles. The molecule has 1 nitrogen and oxygen atoms in total. The fraction of sp³-hybridized carbons (Fsp3) is 0.0400. The summed E-state index contributed by atoms with van der Waals surface area (Å²) in [4.78, 5) is 0. The van der Waals surface area contributed by atoms with Crippen molar-refractivity contribution in [3.05, 3.63) is 226 Å². The zero-order valence-corrected chi connectivity index (χ0v) is 27.7. The van der Waals surface area contributed by atoms with E-state index in [1.54, 1.807) is 0 Å². The van der Waals surface area contributed by atoms with Gasteiger partial charge in [0, 0.05) is 11.1 Å². The lowest BCUT2D eigenvalue weighted by Crippen LogP contribution is -2.32. The molecule has 4 aliphatic rings. The Bertz CT molecular complexity index is 2710. The van der Waals surface area contributed by atoms with Crippen LogP contribution in [0.2, 0.25) is 0 Å². The topological polar surface area (TPSA) is 9.23 Å². The number of hydrogen-bond donors (Lipinski definition) is 0. The van der Waals surface area contributed by atoms with Crippen LogP contribution < -0.4 is 4.74 Å². The van der Waals surface area contributed by atoms with Gasteiger partial charge in [-0.2, -0.15) is 0 Å². The summed E-state index contributed by atoms with van der Waals surface area (Å²) < 4.78 is 6.62. The van der Waals surface area contributed by atoms with Crippen LogP contribution in [0.15, 0.2) is 182 Å². The number of fused-ring (bicyclic) bond motifs is 19. The van der Waals surface area contributed by atoms with Crippen molar-refractivity contribution in [2.75, 3.05) is 0 Å². The van der Waals surface area contributed by atoms with Crippen LogP contribution in [0.4, 0.5) is 0 Å².